The van der Waals surface area contributed by atoms with E-state index in [0.717, 1.165) is 6.42 Å². The molecular weight excluding hydrogens is 172 g/mol. The fourth-order valence-corrected chi connectivity index (χ4v) is 2.23. The van der Waals surface area contributed by atoms with Crippen LogP contribution in [0.2, 0.25) is 0 Å². The number of aryl methyl sites for hydroxylation is 1. The number of fused-ring (bicyclic) bond motifs is 1. The van der Waals surface area contributed by atoms with Gasteiger partial charge in [-0.25, -0.2) is 4.98 Å². The van der Waals surface area contributed by atoms with E-state index in [1.807, 2.05) is 6.20 Å². The standard InChI is InChI=1S/C12H12N2/c1-2-4-10(5-3-1)11-6-7-12-13-8-9-14(11)12/h1-5,8-9,11H,6-7H2. The number of rotatable bonds is 1. The lowest BCUT2D eigenvalue weighted by molar-refractivity contribution is 0.621. The van der Waals surface area contributed by atoms with Crippen LogP contribution in [-0.2, 0) is 6.42 Å². The van der Waals surface area contributed by atoms with Crippen molar-refractivity contribution in [2.24, 2.45) is 0 Å². The first-order valence-electron chi connectivity index (χ1n) is 5.02. The first-order valence-corrected chi connectivity index (χ1v) is 5.02. The summed E-state index contributed by atoms with van der Waals surface area (Å²) in [5.41, 5.74) is 1.39. The normalized spacial score (nSPS) is 19.6. The quantitative estimate of drug-likeness (QED) is 0.665. The second-order valence-corrected chi connectivity index (χ2v) is 3.72. The molecule has 2 nitrogen and oxygen atoms in total. The maximum atomic E-state index is 4.34. The molecule has 0 amide bonds. The molecule has 1 aromatic carbocycles. The van der Waals surface area contributed by atoms with Gasteiger partial charge in [0.1, 0.15) is 5.82 Å². The molecule has 1 aromatic heterocycles. The van der Waals surface area contributed by atoms with Crippen molar-refractivity contribution in [1.29, 1.82) is 0 Å². The monoisotopic (exact) mass is 184 g/mol. The van der Waals surface area contributed by atoms with Crippen molar-refractivity contribution >= 4 is 0 Å². The van der Waals surface area contributed by atoms with E-state index in [1.165, 1.54) is 17.8 Å². The summed E-state index contributed by atoms with van der Waals surface area (Å²) in [7, 11) is 0. The molecule has 70 valence electrons. The van der Waals surface area contributed by atoms with E-state index in [1.54, 1.807) is 0 Å². The predicted octanol–water partition coefficient (Wildman–Crippen LogP) is 2.42. The summed E-state index contributed by atoms with van der Waals surface area (Å²) in [6.07, 6.45) is 6.27. The molecule has 1 atom stereocenters. The van der Waals surface area contributed by atoms with Crippen molar-refractivity contribution in [1.82, 2.24) is 9.55 Å². The Hall–Kier alpha value is -1.57. The number of aromatic nitrogens is 2. The van der Waals surface area contributed by atoms with Crippen LogP contribution < -0.4 is 0 Å². The predicted molar refractivity (Wildman–Crippen MR) is 55.1 cm³/mol. The molecule has 0 N–H and O–H groups in total. The average molecular weight is 184 g/mol. The lowest BCUT2D eigenvalue weighted by Gasteiger charge is -2.12. The summed E-state index contributed by atoms with van der Waals surface area (Å²) in [4.78, 5) is 4.34. The van der Waals surface area contributed by atoms with Gasteiger partial charge in [0.05, 0.1) is 6.04 Å². The van der Waals surface area contributed by atoms with Crippen LogP contribution in [0, 0.1) is 0 Å². The molecule has 0 radical (unpaired) electrons. The molecule has 3 rings (SSSR count). The van der Waals surface area contributed by atoms with Gasteiger partial charge in [-0.3, -0.25) is 0 Å². The van der Waals surface area contributed by atoms with E-state index in [-0.39, 0.29) is 0 Å². The average Bonchev–Trinajstić information content (AvgIpc) is 2.79. The molecule has 0 saturated carbocycles. The summed E-state index contributed by atoms with van der Waals surface area (Å²) in [6, 6.07) is 11.2. The SMILES string of the molecule is c1ccc(C2CCc3nccn32)cc1. The Bertz CT molecular complexity index is 431. The molecule has 1 aliphatic rings. The van der Waals surface area contributed by atoms with Gasteiger partial charge in [0.2, 0.25) is 0 Å². The summed E-state index contributed by atoms with van der Waals surface area (Å²) in [5, 5.41) is 0. The molecule has 0 fully saturated rings. The van der Waals surface area contributed by atoms with Crippen molar-refractivity contribution in [3.8, 4) is 0 Å². The molecular formula is C12H12N2. The van der Waals surface area contributed by atoms with Gasteiger partial charge in [0.25, 0.3) is 0 Å². The highest BCUT2D eigenvalue weighted by molar-refractivity contribution is 5.23. The van der Waals surface area contributed by atoms with Crippen LogP contribution >= 0.6 is 0 Å². The lowest BCUT2D eigenvalue weighted by Crippen LogP contribution is -2.03. The molecule has 2 heteroatoms. The van der Waals surface area contributed by atoms with E-state index in [2.05, 4.69) is 46.1 Å². The van der Waals surface area contributed by atoms with Gasteiger partial charge in [0, 0.05) is 18.8 Å². The van der Waals surface area contributed by atoms with Gasteiger partial charge in [0.15, 0.2) is 0 Å². The van der Waals surface area contributed by atoms with E-state index in [0.29, 0.717) is 6.04 Å². The van der Waals surface area contributed by atoms with Crippen molar-refractivity contribution in [2.75, 3.05) is 0 Å². The van der Waals surface area contributed by atoms with Crippen LogP contribution in [0.15, 0.2) is 42.7 Å². The number of imidazole rings is 1. The lowest BCUT2D eigenvalue weighted by atomic mass is 10.1. The Morgan fingerprint density at radius 3 is 2.93 bits per heavy atom. The zero-order valence-electron chi connectivity index (χ0n) is 7.93. The first kappa shape index (κ1) is 7.80. The van der Waals surface area contributed by atoms with Gasteiger partial charge in [-0.2, -0.15) is 0 Å². The highest BCUT2D eigenvalue weighted by Crippen LogP contribution is 2.30. The van der Waals surface area contributed by atoms with Crippen LogP contribution in [-0.4, -0.2) is 9.55 Å². The Morgan fingerprint density at radius 1 is 1.21 bits per heavy atom. The van der Waals surface area contributed by atoms with Crippen LogP contribution in [0.5, 0.6) is 0 Å². The highest BCUT2D eigenvalue weighted by atomic mass is 15.1. The van der Waals surface area contributed by atoms with E-state index in [9.17, 15) is 0 Å². The van der Waals surface area contributed by atoms with Crippen molar-refractivity contribution < 1.29 is 0 Å². The van der Waals surface area contributed by atoms with E-state index in [4.69, 9.17) is 0 Å². The van der Waals surface area contributed by atoms with Gasteiger partial charge < -0.3 is 4.57 Å². The Balaban J connectivity index is 2.03. The number of hydrogen-bond acceptors (Lipinski definition) is 1. The molecule has 14 heavy (non-hydrogen) atoms. The number of nitrogens with zero attached hydrogens (tertiary/aromatic N) is 2. The topological polar surface area (TPSA) is 17.8 Å². The minimum absolute atomic E-state index is 0.508. The van der Waals surface area contributed by atoms with Gasteiger partial charge >= 0.3 is 0 Å². The molecule has 1 aliphatic heterocycles. The summed E-state index contributed by atoms with van der Waals surface area (Å²) in [5.74, 6) is 1.22. The van der Waals surface area contributed by atoms with Gasteiger partial charge in [-0.05, 0) is 12.0 Å². The van der Waals surface area contributed by atoms with Crippen molar-refractivity contribution in [2.45, 2.75) is 18.9 Å². The Morgan fingerprint density at radius 2 is 2.07 bits per heavy atom. The Labute approximate surface area is 83.2 Å². The first-order chi connectivity index (χ1) is 6.95. The third-order valence-corrected chi connectivity index (χ3v) is 2.91. The third-order valence-electron chi connectivity index (χ3n) is 2.91. The summed E-state index contributed by atoms with van der Waals surface area (Å²) >= 11 is 0. The fourth-order valence-electron chi connectivity index (χ4n) is 2.23. The maximum Gasteiger partial charge on any atom is 0.109 e. The Kier molecular flexibility index (Phi) is 1.66. The minimum atomic E-state index is 0.508. The molecule has 0 bridgehead atoms. The third kappa shape index (κ3) is 1.07. The molecule has 0 saturated heterocycles. The number of hydrogen-bond donors (Lipinski definition) is 0. The van der Waals surface area contributed by atoms with Crippen LogP contribution in [0.1, 0.15) is 23.9 Å². The van der Waals surface area contributed by atoms with Crippen LogP contribution in [0.3, 0.4) is 0 Å². The largest absolute Gasteiger partial charge is 0.327 e. The molecule has 2 heterocycles. The molecule has 1 unspecified atom stereocenters. The van der Waals surface area contributed by atoms with Crippen molar-refractivity contribution in [3.63, 3.8) is 0 Å². The minimum Gasteiger partial charge on any atom is -0.327 e. The van der Waals surface area contributed by atoms with E-state index >= 15 is 0 Å². The smallest absolute Gasteiger partial charge is 0.109 e. The maximum absolute atomic E-state index is 4.34. The molecule has 2 aromatic rings. The second kappa shape index (κ2) is 2.98. The zero-order valence-corrected chi connectivity index (χ0v) is 7.93. The fraction of sp³-hybridized carbons (Fsp3) is 0.250. The van der Waals surface area contributed by atoms with E-state index < -0.39 is 0 Å². The van der Waals surface area contributed by atoms with Crippen LogP contribution in [0.4, 0.5) is 0 Å². The van der Waals surface area contributed by atoms with Gasteiger partial charge in [-0.15, -0.1) is 0 Å². The van der Waals surface area contributed by atoms with Crippen LogP contribution in [0.25, 0.3) is 0 Å². The van der Waals surface area contributed by atoms with Crippen molar-refractivity contribution in [3.05, 3.63) is 54.1 Å². The summed E-state index contributed by atoms with van der Waals surface area (Å²) < 4.78 is 2.29. The highest BCUT2D eigenvalue weighted by Gasteiger charge is 2.22. The number of benzene rings is 1. The molecule has 0 spiro atoms. The molecule has 0 aliphatic carbocycles. The zero-order chi connectivity index (χ0) is 9.38. The summed E-state index contributed by atoms with van der Waals surface area (Å²) in [6.45, 7) is 0. The second-order valence-electron chi connectivity index (χ2n) is 3.72. The van der Waals surface area contributed by atoms with Gasteiger partial charge in [-0.1, -0.05) is 30.3 Å².